The number of carboxylic acid groups (broad SMARTS) is 1. The lowest BCUT2D eigenvalue weighted by atomic mass is 9.83. The third-order valence-electron chi connectivity index (χ3n) is 8.35. The second-order valence-corrected chi connectivity index (χ2v) is 17.9. The van der Waals surface area contributed by atoms with E-state index in [1.165, 1.54) is 37.6 Å². The van der Waals surface area contributed by atoms with Crippen LogP contribution >= 0.6 is 11.3 Å². The van der Waals surface area contributed by atoms with Crippen LogP contribution < -0.4 is 9.47 Å². The van der Waals surface area contributed by atoms with Crippen molar-refractivity contribution in [1.82, 2.24) is 4.31 Å². The summed E-state index contributed by atoms with van der Waals surface area (Å²) in [6.07, 6.45) is 8.82. The number of nitrogens with zero attached hydrogens (tertiary/aromatic N) is 3. The molecule has 0 radical (unpaired) electrons. The molecule has 1 unspecified atom stereocenters. The summed E-state index contributed by atoms with van der Waals surface area (Å²) in [7, 11) is -5.14. The number of hydrogen-bond donors (Lipinski definition) is 2. The summed E-state index contributed by atoms with van der Waals surface area (Å²) in [5.74, 6) is -0.799. The van der Waals surface area contributed by atoms with Gasteiger partial charge in [0.15, 0.2) is 6.54 Å². The number of thiazole rings is 1. The maximum absolute atomic E-state index is 12.8. The molecule has 0 saturated heterocycles. The highest BCUT2D eigenvalue weighted by molar-refractivity contribution is 7.89. The van der Waals surface area contributed by atoms with E-state index in [0.717, 1.165) is 36.5 Å². The summed E-state index contributed by atoms with van der Waals surface area (Å²) < 4.78 is 85.5. The minimum Gasteiger partial charge on any atom is -0.772 e. The second kappa shape index (κ2) is 15.3. The molecular formula is C32H41N3O9S4. The lowest BCUT2D eigenvalue weighted by molar-refractivity contribution is -0.669. The quantitative estimate of drug-likeness (QED) is 0.0908. The SMILES string of the molecule is CN(C)S(=O)(=O)c1ccc2c(c1)sc(/C=C/C=C1/N(CCCCCC(=O)O)c3ccc(S(=O)(=O)O)cc3C1(C)C)[n+]2CCCCS(=O)[O-]. The summed E-state index contributed by atoms with van der Waals surface area (Å²) in [6, 6.07) is 9.50. The molecule has 0 bridgehead atoms. The van der Waals surface area contributed by atoms with Crippen LogP contribution in [0.4, 0.5) is 5.69 Å². The van der Waals surface area contributed by atoms with Gasteiger partial charge in [0.1, 0.15) is 4.70 Å². The molecule has 262 valence electrons. The number of anilines is 1. The molecule has 0 fully saturated rings. The van der Waals surface area contributed by atoms with Gasteiger partial charge in [-0.1, -0.05) is 48.8 Å². The molecule has 3 aromatic rings. The van der Waals surface area contributed by atoms with Gasteiger partial charge in [-0.15, -0.1) is 0 Å². The van der Waals surface area contributed by atoms with E-state index in [9.17, 15) is 34.9 Å². The van der Waals surface area contributed by atoms with Crippen LogP contribution in [0.3, 0.4) is 0 Å². The Morgan fingerprint density at radius 2 is 1.75 bits per heavy atom. The first-order chi connectivity index (χ1) is 22.4. The molecule has 1 aliphatic heterocycles. The number of aromatic nitrogens is 1. The van der Waals surface area contributed by atoms with Gasteiger partial charge in [-0.3, -0.25) is 13.6 Å². The number of hydrogen-bond acceptors (Lipinski definition) is 9. The molecule has 2 heterocycles. The Morgan fingerprint density at radius 1 is 1.04 bits per heavy atom. The fraction of sp³-hybridized carbons (Fsp3) is 0.438. The molecule has 1 atom stereocenters. The minimum absolute atomic E-state index is 0.0478. The molecule has 0 spiro atoms. The summed E-state index contributed by atoms with van der Waals surface area (Å²) in [5.41, 5.74) is 2.57. The Bertz CT molecular complexity index is 1980. The molecule has 0 aliphatic carbocycles. The first kappa shape index (κ1) is 37.8. The van der Waals surface area contributed by atoms with Crippen molar-refractivity contribution < 1.29 is 44.6 Å². The highest BCUT2D eigenvalue weighted by Crippen LogP contribution is 2.48. The van der Waals surface area contributed by atoms with Gasteiger partial charge in [0.05, 0.1) is 9.79 Å². The van der Waals surface area contributed by atoms with Gasteiger partial charge in [0, 0.05) is 68.2 Å². The van der Waals surface area contributed by atoms with Crippen LogP contribution in [0.15, 0.2) is 64.0 Å². The van der Waals surface area contributed by atoms with E-state index in [2.05, 4.69) is 4.90 Å². The molecule has 0 saturated carbocycles. The third-order valence-corrected chi connectivity index (χ3v) is 12.7. The number of benzene rings is 2. The van der Waals surface area contributed by atoms with Gasteiger partial charge in [-0.2, -0.15) is 13.0 Å². The van der Waals surface area contributed by atoms with E-state index in [4.69, 9.17) is 5.11 Å². The lowest BCUT2D eigenvalue weighted by Gasteiger charge is -2.27. The van der Waals surface area contributed by atoms with Gasteiger partial charge >= 0.3 is 5.97 Å². The topological polar surface area (TPSA) is 176 Å². The number of rotatable bonds is 16. The van der Waals surface area contributed by atoms with Crippen LogP contribution in [0.5, 0.6) is 0 Å². The zero-order valence-electron chi connectivity index (χ0n) is 27.3. The van der Waals surface area contributed by atoms with Crippen molar-refractivity contribution >= 4 is 70.5 Å². The fourth-order valence-electron chi connectivity index (χ4n) is 5.80. The van der Waals surface area contributed by atoms with Crippen molar-refractivity contribution in [3.8, 4) is 0 Å². The average molecular weight is 740 g/mol. The van der Waals surface area contributed by atoms with Crippen LogP contribution in [0.2, 0.25) is 0 Å². The van der Waals surface area contributed by atoms with E-state index in [1.807, 2.05) is 36.6 Å². The molecular weight excluding hydrogens is 699 g/mol. The van der Waals surface area contributed by atoms with Crippen molar-refractivity contribution in [2.24, 2.45) is 0 Å². The van der Waals surface area contributed by atoms with Crippen LogP contribution in [-0.2, 0) is 48.0 Å². The number of sulfonamides is 1. The van der Waals surface area contributed by atoms with Crippen LogP contribution in [-0.4, -0.2) is 71.9 Å². The largest absolute Gasteiger partial charge is 0.772 e. The standard InChI is InChI=1S/C32H41N3O9S4/c1-32(2)25-21-24(48(42,43)44)15-16-26(25)34(18-7-5-6-13-31(36)37)29(32)11-10-12-30-35(19-8-9-20-46(38)39)27-17-14-23(22-28(27)45-30)47(40,41)33(3)4/h10-12,14-17,21-22H,5-9,13,18-20H2,1-4H3,(H2-,36,37,38,39,42,43,44). The van der Waals surface area contributed by atoms with E-state index in [1.54, 1.807) is 24.3 Å². The van der Waals surface area contributed by atoms with Gasteiger partial charge in [0.2, 0.25) is 15.5 Å². The first-order valence-electron chi connectivity index (χ1n) is 15.4. The Balaban J connectivity index is 1.74. The molecule has 2 aromatic carbocycles. The number of unbranched alkanes of at least 4 members (excludes halogenated alkanes) is 3. The van der Waals surface area contributed by atoms with Crippen LogP contribution in [0, 0.1) is 0 Å². The summed E-state index contributed by atoms with van der Waals surface area (Å²) in [4.78, 5) is 13.0. The Kier molecular flexibility index (Phi) is 12.0. The predicted octanol–water partition coefficient (Wildman–Crippen LogP) is 4.69. The highest BCUT2D eigenvalue weighted by Gasteiger charge is 2.40. The van der Waals surface area contributed by atoms with Crippen molar-refractivity contribution in [2.45, 2.75) is 74.1 Å². The Hall–Kier alpha value is -2.99. The first-order valence-corrected chi connectivity index (χ1v) is 20.3. The lowest BCUT2D eigenvalue weighted by Crippen LogP contribution is -2.35. The maximum atomic E-state index is 12.8. The van der Waals surface area contributed by atoms with E-state index >= 15 is 0 Å². The maximum Gasteiger partial charge on any atom is 0.303 e. The van der Waals surface area contributed by atoms with Crippen LogP contribution in [0.1, 0.15) is 62.9 Å². The number of aliphatic carboxylic acids is 1. The molecule has 2 N–H and O–H groups in total. The van der Waals surface area contributed by atoms with Gasteiger partial charge in [-0.05, 0) is 61.2 Å². The van der Waals surface area contributed by atoms with E-state index in [-0.39, 0.29) is 22.0 Å². The molecule has 0 amide bonds. The summed E-state index contributed by atoms with van der Waals surface area (Å²) >= 11 is -0.725. The van der Waals surface area contributed by atoms with Crippen molar-refractivity contribution in [1.29, 1.82) is 0 Å². The molecule has 16 heteroatoms. The van der Waals surface area contributed by atoms with E-state index < -0.39 is 42.6 Å². The monoisotopic (exact) mass is 739 g/mol. The van der Waals surface area contributed by atoms with Crippen molar-refractivity contribution in [3.05, 3.63) is 64.8 Å². The average Bonchev–Trinajstić information content (AvgIpc) is 3.44. The summed E-state index contributed by atoms with van der Waals surface area (Å²) in [5, 5.41) is 9.84. The third kappa shape index (κ3) is 8.59. The molecule has 48 heavy (non-hydrogen) atoms. The highest BCUT2D eigenvalue weighted by atomic mass is 32.2. The van der Waals surface area contributed by atoms with E-state index in [0.29, 0.717) is 45.2 Å². The summed E-state index contributed by atoms with van der Waals surface area (Å²) in [6.45, 7) is 5.02. The van der Waals surface area contributed by atoms with Crippen LogP contribution in [0.25, 0.3) is 16.3 Å². The number of allylic oxidation sites excluding steroid dienone is 3. The number of fused-ring (bicyclic) bond motifs is 2. The second-order valence-electron chi connectivity index (χ2n) is 12.3. The molecule has 1 aliphatic rings. The normalized spacial score (nSPS) is 16.4. The number of carboxylic acids is 1. The zero-order valence-corrected chi connectivity index (χ0v) is 30.6. The Morgan fingerprint density at radius 3 is 2.40 bits per heavy atom. The molecule has 12 nitrogen and oxygen atoms in total. The molecule has 4 rings (SSSR count). The van der Waals surface area contributed by atoms with Crippen molar-refractivity contribution in [3.63, 3.8) is 0 Å². The van der Waals surface area contributed by atoms with Gasteiger partial charge in [0.25, 0.3) is 15.1 Å². The number of aryl methyl sites for hydroxylation is 1. The minimum atomic E-state index is -4.43. The predicted molar refractivity (Wildman–Crippen MR) is 186 cm³/mol. The van der Waals surface area contributed by atoms with Crippen molar-refractivity contribution in [2.75, 3.05) is 31.3 Å². The van der Waals surface area contributed by atoms with Gasteiger partial charge in [-0.25, -0.2) is 12.7 Å². The Labute approximate surface area is 288 Å². The smallest absolute Gasteiger partial charge is 0.303 e. The van der Waals surface area contributed by atoms with Gasteiger partial charge < -0.3 is 14.6 Å². The zero-order chi connectivity index (χ0) is 35.4. The number of carbonyl (C=O) groups is 1. The fourth-order valence-corrected chi connectivity index (χ4v) is 8.89. The molecule has 1 aromatic heterocycles.